The van der Waals surface area contributed by atoms with Gasteiger partial charge in [0, 0.05) is 42.0 Å². The molecule has 204 valence electrons. The molecule has 0 unspecified atom stereocenters. The van der Waals surface area contributed by atoms with E-state index >= 15 is 0 Å². The number of hydrogen-bond donors (Lipinski definition) is 2. The molecule has 4 aliphatic rings. The van der Waals surface area contributed by atoms with Crippen molar-refractivity contribution in [2.75, 3.05) is 27.4 Å². The number of aliphatic hydroxyl groups excluding tert-OH is 1. The zero-order chi connectivity index (χ0) is 26.3. The normalized spacial score (nSPS) is 28.7. The van der Waals surface area contributed by atoms with Gasteiger partial charge in [0.25, 0.3) is 0 Å². The van der Waals surface area contributed by atoms with Crippen LogP contribution in [0.2, 0.25) is 0 Å². The van der Waals surface area contributed by atoms with Gasteiger partial charge in [-0.1, -0.05) is 17.3 Å². The molecule has 1 spiro atoms. The highest BCUT2D eigenvalue weighted by Crippen LogP contribution is 2.61. The Hall–Kier alpha value is -1.94. The van der Waals surface area contributed by atoms with E-state index in [1.807, 2.05) is 23.9 Å². The number of benzene rings is 2. The second-order valence-corrected chi connectivity index (χ2v) is 12.8. The number of aliphatic hydroxyl groups is 1. The van der Waals surface area contributed by atoms with E-state index in [2.05, 4.69) is 44.6 Å². The first-order valence-electron chi connectivity index (χ1n) is 13.4. The van der Waals surface area contributed by atoms with Crippen molar-refractivity contribution in [3.63, 3.8) is 0 Å². The molecule has 2 saturated carbocycles. The van der Waals surface area contributed by atoms with Gasteiger partial charge in [-0.25, -0.2) is 0 Å². The van der Waals surface area contributed by atoms with Crippen LogP contribution >= 0.6 is 27.7 Å². The Kier molecular flexibility index (Phi) is 7.55. The molecule has 7 nitrogen and oxygen atoms in total. The van der Waals surface area contributed by atoms with E-state index in [0.29, 0.717) is 18.9 Å². The Labute approximate surface area is 236 Å². The zero-order valence-electron chi connectivity index (χ0n) is 21.9. The van der Waals surface area contributed by atoms with E-state index in [-0.39, 0.29) is 29.4 Å². The Morgan fingerprint density at radius 1 is 1.21 bits per heavy atom. The lowest BCUT2D eigenvalue weighted by molar-refractivity contribution is 0.109. The van der Waals surface area contributed by atoms with Gasteiger partial charge in [-0.05, 0) is 70.4 Å². The van der Waals surface area contributed by atoms with Crippen molar-refractivity contribution in [1.82, 2.24) is 5.32 Å². The number of thioether (sulfide) groups is 1. The summed E-state index contributed by atoms with van der Waals surface area (Å²) < 4.78 is 19.4. The molecule has 0 radical (unpaired) electrons. The van der Waals surface area contributed by atoms with Crippen LogP contribution in [0.5, 0.6) is 17.2 Å². The van der Waals surface area contributed by atoms with Gasteiger partial charge in [0.15, 0.2) is 0 Å². The summed E-state index contributed by atoms with van der Waals surface area (Å²) in [7, 11) is 3.30. The maximum atomic E-state index is 10.4. The van der Waals surface area contributed by atoms with Gasteiger partial charge in [-0.15, -0.1) is 0 Å². The van der Waals surface area contributed by atoms with Crippen molar-refractivity contribution in [2.24, 2.45) is 11.1 Å². The molecule has 0 saturated heterocycles. The zero-order valence-corrected chi connectivity index (χ0v) is 24.3. The van der Waals surface area contributed by atoms with Gasteiger partial charge in [0.05, 0.1) is 31.5 Å². The maximum Gasteiger partial charge on any atom is 0.142 e. The molecular formula is C29H35BrN2O5S. The summed E-state index contributed by atoms with van der Waals surface area (Å²) in [6.07, 6.45) is 4.69. The average Bonchev–Trinajstić information content (AvgIpc) is 3.72. The van der Waals surface area contributed by atoms with Crippen LogP contribution in [-0.4, -0.2) is 55.6 Å². The molecule has 6 rings (SSSR count). The number of rotatable bonds is 9. The highest BCUT2D eigenvalue weighted by molar-refractivity contribution is 9.10. The largest absolute Gasteiger partial charge is 0.497 e. The summed E-state index contributed by atoms with van der Waals surface area (Å²) in [4.78, 5) is 5.25. The Balaban J connectivity index is 1.41. The molecule has 2 N–H and O–H groups in total. The molecule has 2 aliphatic carbocycles. The number of oxime groups is 1. The number of methoxy groups -OCH3 is 1. The molecule has 38 heavy (non-hydrogen) atoms. The topological polar surface area (TPSA) is 81.5 Å². The summed E-state index contributed by atoms with van der Waals surface area (Å²) in [5, 5.41) is 18.6. The molecule has 4 atom stereocenters. The van der Waals surface area contributed by atoms with Crippen molar-refractivity contribution < 1.29 is 24.2 Å². The molecule has 2 aliphatic heterocycles. The number of nitrogens with one attached hydrogen (secondary N) is 1. The first-order chi connectivity index (χ1) is 18.5. The monoisotopic (exact) mass is 602 g/mol. The fourth-order valence-electron chi connectivity index (χ4n) is 6.27. The molecule has 2 heterocycles. The minimum absolute atomic E-state index is 0.0286. The van der Waals surface area contributed by atoms with E-state index in [0.717, 1.165) is 52.6 Å². The number of hydrogen-bond acceptors (Lipinski definition) is 8. The first kappa shape index (κ1) is 26.3. The highest BCUT2D eigenvalue weighted by atomic mass is 79.9. The third-order valence-corrected chi connectivity index (χ3v) is 10.6. The number of nitrogens with zero attached hydrogens (tertiary/aromatic N) is 1. The smallest absolute Gasteiger partial charge is 0.142 e. The van der Waals surface area contributed by atoms with Crippen molar-refractivity contribution in [3.05, 3.63) is 51.5 Å². The van der Waals surface area contributed by atoms with E-state index in [4.69, 9.17) is 19.0 Å². The van der Waals surface area contributed by atoms with Crippen LogP contribution in [0.25, 0.3) is 0 Å². The predicted molar refractivity (Wildman–Crippen MR) is 153 cm³/mol. The number of ether oxygens (including phenoxy) is 3. The summed E-state index contributed by atoms with van der Waals surface area (Å²) >= 11 is 5.81. The van der Waals surface area contributed by atoms with Crippen LogP contribution in [-0.2, 0) is 22.6 Å². The lowest BCUT2D eigenvalue weighted by Gasteiger charge is -2.45. The van der Waals surface area contributed by atoms with E-state index in [9.17, 15) is 5.11 Å². The summed E-state index contributed by atoms with van der Waals surface area (Å²) in [6, 6.07) is 10.4. The van der Waals surface area contributed by atoms with Gasteiger partial charge >= 0.3 is 0 Å². The highest BCUT2D eigenvalue weighted by Gasteiger charge is 2.60. The molecule has 0 amide bonds. The second kappa shape index (κ2) is 10.9. The summed E-state index contributed by atoms with van der Waals surface area (Å²) in [6.45, 7) is 1.50. The van der Waals surface area contributed by atoms with Gasteiger partial charge in [0.1, 0.15) is 34.9 Å². The van der Waals surface area contributed by atoms with Crippen LogP contribution in [0.3, 0.4) is 0 Å². The van der Waals surface area contributed by atoms with Crippen LogP contribution in [0.4, 0.5) is 0 Å². The fraction of sp³-hybridized carbons (Fsp3) is 0.552. The average molecular weight is 604 g/mol. The van der Waals surface area contributed by atoms with Crippen molar-refractivity contribution >= 4 is 33.4 Å². The standard InChI is InChI=1S/C29H35BrN2O5S/c1-34-22-7-5-18(6-8-22)16-38-25-11-20(32-35-2)10-24-29(25)12-21(14-33)31-13-19-9-23(36-15-17-3-4-17)27(30)28(37-24)26(19)29/h5-9,17,21,24-25,31,33H,3-4,10-16H2,1-2H3/t21-,24+,25+,29+/m0/s1. The van der Waals surface area contributed by atoms with Crippen LogP contribution in [0.1, 0.15) is 48.8 Å². The third-order valence-electron chi connectivity index (χ3n) is 8.37. The van der Waals surface area contributed by atoms with Gasteiger partial charge < -0.3 is 29.5 Å². The molecule has 2 aromatic rings. The lowest BCUT2D eigenvalue weighted by Crippen LogP contribution is -2.54. The minimum Gasteiger partial charge on any atom is -0.497 e. The van der Waals surface area contributed by atoms with E-state index in [1.165, 1.54) is 29.5 Å². The lowest BCUT2D eigenvalue weighted by atomic mass is 9.64. The van der Waals surface area contributed by atoms with Crippen LogP contribution < -0.4 is 19.5 Å². The summed E-state index contributed by atoms with van der Waals surface area (Å²) in [5.74, 6) is 4.11. The maximum absolute atomic E-state index is 10.4. The molecule has 2 fully saturated rings. The molecule has 9 heteroatoms. The predicted octanol–water partition coefficient (Wildman–Crippen LogP) is 5.20. The Morgan fingerprint density at radius 3 is 2.74 bits per heavy atom. The second-order valence-electron chi connectivity index (χ2n) is 10.8. The van der Waals surface area contributed by atoms with E-state index < -0.39 is 0 Å². The van der Waals surface area contributed by atoms with E-state index in [1.54, 1.807) is 14.2 Å². The molecule has 2 aromatic carbocycles. The SMILES string of the molecule is CON=C1C[C@H]2Oc3c(Br)c(OCC4CC4)cc4c3[C@@]2(C[C@@H](CO)NC4)[C@H](SCc2ccc(OC)cc2)C1. The molecule has 0 bridgehead atoms. The summed E-state index contributed by atoms with van der Waals surface area (Å²) in [5.41, 5.74) is 4.45. The van der Waals surface area contributed by atoms with Crippen molar-refractivity contribution in [3.8, 4) is 17.2 Å². The van der Waals surface area contributed by atoms with Crippen molar-refractivity contribution in [1.29, 1.82) is 0 Å². The Morgan fingerprint density at radius 2 is 2.03 bits per heavy atom. The van der Waals surface area contributed by atoms with Gasteiger partial charge in [-0.2, -0.15) is 11.8 Å². The molecule has 0 aromatic heterocycles. The van der Waals surface area contributed by atoms with Crippen molar-refractivity contribution in [2.45, 2.75) is 67.2 Å². The van der Waals surface area contributed by atoms with Gasteiger partial charge in [0.2, 0.25) is 0 Å². The molecular weight excluding hydrogens is 568 g/mol. The quantitative estimate of drug-likeness (QED) is 0.382. The number of halogens is 1. The minimum atomic E-state index is -0.275. The third kappa shape index (κ3) is 4.80. The first-order valence-corrected chi connectivity index (χ1v) is 15.2. The van der Waals surface area contributed by atoms with Crippen LogP contribution in [0.15, 0.2) is 40.0 Å². The Bertz CT molecular complexity index is 1200. The fourth-order valence-corrected chi connectivity index (χ4v) is 8.35. The van der Waals surface area contributed by atoms with Gasteiger partial charge in [-0.3, -0.25) is 0 Å². The van der Waals surface area contributed by atoms with Crippen LogP contribution in [0, 0.1) is 5.92 Å².